The molecular weight excluding hydrogens is 273 g/mol. The van der Waals surface area contributed by atoms with Crippen LogP contribution in [0.5, 0.6) is 11.8 Å². The summed E-state index contributed by atoms with van der Waals surface area (Å²) in [4.78, 5) is 8.26. The van der Waals surface area contributed by atoms with Gasteiger partial charge in [0.1, 0.15) is 0 Å². The van der Waals surface area contributed by atoms with E-state index < -0.39 is 0 Å². The Balaban J connectivity index is 2.28. The normalized spacial score (nSPS) is 10.4. The Labute approximate surface area is 115 Å². The molecule has 0 fully saturated rings. The molecule has 0 saturated heterocycles. The van der Waals surface area contributed by atoms with Crippen molar-refractivity contribution in [2.45, 2.75) is 13.5 Å². The van der Waals surface area contributed by atoms with Crippen LogP contribution in [0, 0.1) is 6.92 Å². The zero-order chi connectivity index (χ0) is 13.1. The number of aromatic nitrogens is 2. The number of ether oxygens (including phenoxy) is 1. The highest BCUT2D eigenvalue weighted by Gasteiger charge is 2.08. The number of hydrogen-bond donors (Lipinski definition) is 1. The second-order valence-electron chi connectivity index (χ2n) is 3.64. The summed E-state index contributed by atoms with van der Waals surface area (Å²) < 4.78 is 5.49. The van der Waals surface area contributed by atoms with Crippen LogP contribution in [0.15, 0.2) is 24.4 Å². The molecule has 0 spiro atoms. The van der Waals surface area contributed by atoms with E-state index in [0.29, 0.717) is 22.3 Å². The average Bonchev–Trinajstić information content (AvgIpc) is 2.34. The van der Waals surface area contributed by atoms with Crippen LogP contribution in [0.1, 0.15) is 11.3 Å². The summed E-state index contributed by atoms with van der Waals surface area (Å²) in [5, 5.41) is 0.980. The molecule has 0 atom stereocenters. The fourth-order valence-corrected chi connectivity index (χ4v) is 1.69. The van der Waals surface area contributed by atoms with Gasteiger partial charge < -0.3 is 10.5 Å². The highest BCUT2D eigenvalue weighted by atomic mass is 35.5. The van der Waals surface area contributed by atoms with Gasteiger partial charge in [-0.25, -0.2) is 4.98 Å². The molecule has 4 nitrogen and oxygen atoms in total. The van der Waals surface area contributed by atoms with Gasteiger partial charge in [0.05, 0.1) is 5.02 Å². The van der Waals surface area contributed by atoms with Crippen LogP contribution in [-0.4, -0.2) is 9.97 Å². The van der Waals surface area contributed by atoms with Crippen molar-refractivity contribution in [1.29, 1.82) is 0 Å². The van der Waals surface area contributed by atoms with E-state index in [-0.39, 0.29) is 6.01 Å². The van der Waals surface area contributed by atoms with Gasteiger partial charge in [-0.05, 0) is 19.1 Å². The second kappa shape index (κ2) is 5.52. The largest absolute Gasteiger partial charge is 0.423 e. The standard InChI is InChI=1S/C12H11Cl2N3O/c1-7-8(5-15)6-16-12(17-7)18-11-4-9(13)2-3-10(11)14/h2-4,6H,5,15H2,1H3. The van der Waals surface area contributed by atoms with Crippen LogP contribution in [-0.2, 0) is 6.54 Å². The SMILES string of the molecule is Cc1nc(Oc2cc(Cl)ccc2Cl)ncc1CN. The van der Waals surface area contributed by atoms with E-state index in [9.17, 15) is 0 Å². The number of benzene rings is 1. The van der Waals surface area contributed by atoms with Crippen molar-refractivity contribution in [3.05, 3.63) is 45.7 Å². The maximum Gasteiger partial charge on any atom is 0.322 e. The highest BCUT2D eigenvalue weighted by molar-refractivity contribution is 6.34. The first-order valence-corrected chi connectivity index (χ1v) is 6.01. The Bertz CT molecular complexity index is 575. The van der Waals surface area contributed by atoms with Crippen molar-refractivity contribution in [1.82, 2.24) is 9.97 Å². The smallest absolute Gasteiger partial charge is 0.322 e. The van der Waals surface area contributed by atoms with Crippen LogP contribution in [0.25, 0.3) is 0 Å². The lowest BCUT2D eigenvalue weighted by molar-refractivity contribution is 0.439. The Morgan fingerprint density at radius 3 is 2.78 bits per heavy atom. The van der Waals surface area contributed by atoms with Gasteiger partial charge in [-0.3, -0.25) is 0 Å². The predicted octanol–water partition coefficient (Wildman–Crippen LogP) is 3.34. The molecule has 0 bridgehead atoms. The molecule has 0 aliphatic carbocycles. The third kappa shape index (κ3) is 2.90. The number of aryl methyl sites for hydroxylation is 1. The first kappa shape index (κ1) is 13.1. The van der Waals surface area contributed by atoms with Crippen LogP contribution in [0.3, 0.4) is 0 Å². The summed E-state index contributed by atoms with van der Waals surface area (Å²) in [5.74, 6) is 0.420. The van der Waals surface area contributed by atoms with Crippen LogP contribution in [0.4, 0.5) is 0 Å². The van der Waals surface area contributed by atoms with Gasteiger partial charge in [0.2, 0.25) is 0 Å². The van der Waals surface area contributed by atoms with E-state index in [0.717, 1.165) is 11.3 Å². The molecule has 1 aromatic carbocycles. The number of nitrogens with zero attached hydrogens (tertiary/aromatic N) is 2. The minimum absolute atomic E-state index is 0.217. The summed E-state index contributed by atoms with van der Waals surface area (Å²) in [5.41, 5.74) is 7.19. The van der Waals surface area contributed by atoms with E-state index in [4.69, 9.17) is 33.7 Å². The average molecular weight is 284 g/mol. The molecule has 2 rings (SSSR count). The Kier molecular flexibility index (Phi) is 4.01. The molecule has 0 unspecified atom stereocenters. The molecule has 0 radical (unpaired) electrons. The van der Waals surface area contributed by atoms with Crippen molar-refractivity contribution >= 4 is 23.2 Å². The topological polar surface area (TPSA) is 61.0 Å². The molecule has 94 valence electrons. The zero-order valence-electron chi connectivity index (χ0n) is 9.65. The van der Waals surface area contributed by atoms with Crippen LogP contribution >= 0.6 is 23.2 Å². The van der Waals surface area contributed by atoms with Crippen LogP contribution in [0.2, 0.25) is 10.0 Å². The lowest BCUT2D eigenvalue weighted by Gasteiger charge is -2.08. The van der Waals surface area contributed by atoms with E-state index in [1.165, 1.54) is 0 Å². The molecular formula is C12H11Cl2N3O. The van der Waals surface area contributed by atoms with Gasteiger partial charge in [-0.15, -0.1) is 0 Å². The van der Waals surface area contributed by atoms with E-state index >= 15 is 0 Å². The maximum atomic E-state index is 5.99. The lowest BCUT2D eigenvalue weighted by Crippen LogP contribution is -2.03. The number of hydrogen-bond acceptors (Lipinski definition) is 4. The van der Waals surface area contributed by atoms with Gasteiger partial charge >= 0.3 is 6.01 Å². The summed E-state index contributed by atoms with van der Waals surface area (Å²) in [6.45, 7) is 2.24. The van der Waals surface area contributed by atoms with Gasteiger partial charge in [0.15, 0.2) is 5.75 Å². The Hall–Kier alpha value is -1.36. The zero-order valence-corrected chi connectivity index (χ0v) is 11.2. The van der Waals surface area contributed by atoms with E-state index in [2.05, 4.69) is 9.97 Å². The third-order valence-corrected chi connectivity index (χ3v) is 2.92. The van der Waals surface area contributed by atoms with E-state index in [1.54, 1.807) is 24.4 Å². The first-order chi connectivity index (χ1) is 8.60. The van der Waals surface area contributed by atoms with Gasteiger partial charge in [0.25, 0.3) is 0 Å². The maximum absolute atomic E-state index is 5.99. The molecule has 0 aliphatic rings. The van der Waals surface area contributed by atoms with Crippen molar-refractivity contribution in [2.75, 3.05) is 0 Å². The van der Waals surface area contributed by atoms with Gasteiger partial charge in [0, 0.05) is 35.1 Å². The molecule has 2 aromatic rings. The quantitative estimate of drug-likeness (QED) is 0.939. The summed E-state index contributed by atoms with van der Waals surface area (Å²) in [7, 11) is 0. The molecule has 6 heteroatoms. The molecule has 0 saturated carbocycles. The lowest BCUT2D eigenvalue weighted by atomic mass is 10.2. The number of rotatable bonds is 3. The molecule has 18 heavy (non-hydrogen) atoms. The van der Waals surface area contributed by atoms with Gasteiger partial charge in [-0.1, -0.05) is 23.2 Å². The van der Waals surface area contributed by atoms with E-state index in [1.807, 2.05) is 6.92 Å². The molecule has 0 aliphatic heterocycles. The van der Waals surface area contributed by atoms with Crippen molar-refractivity contribution < 1.29 is 4.74 Å². The molecule has 0 amide bonds. The number of halogens is 2. The minimum Gasteiger partial charge on any atom is -0.423 e. The van der Waals surface area contributed by atoms with Crippen molar-refractivity contribution in [3.63, 3.8) is 0 Å². The minimum atomic E-state index is 0.217. The molecule has 2 N–H and O–H groups in total. The van der Waals surface area contributed by atoms with Crippen molar-refractivity contribution in [2.24, 2.45) is 5.73 Å². The first-order valence-electron chi connectivity index (χ1n) is 5.25. The Morgan fingerprint density at radius 1 is 1.33 bits per heavy atom. The molecule has 1 aromatic heterocycles. The fraction of sp³-hybridized carbons (Fsp3) is 0.167. The van der Waals surface area contributed by atoms with Crippen molar-refractivity contribution in [3.8, 4) is 11.8 Å². The summed E-state index contributed by atoms with van der Waals surface area (Å²) >= 11 is 11.9. The van der Waals surface area contributed by atoms with Crippen LogP contribution < -0.4 is 10.5 Å². The number of nitrogens with two attached hydrogens (primary N) is 1. The highest BCUT2D eigenvalue weighted by Crippen LogP contribution is 2.30. The third-order valence-electron chi connectivity index (χ3n) is 2.37. The molecule has 1 heterocycles. The summed E-state index contributed by atoms with van der Waals surface area (Å²) in [6.07, 6.45) is 1.64. The summed E-state index contributed by atoms with van der Waals surface area (Å²) in [6, 6.07) is 5.16. The predicted molar refractivity (Wildman–Crippen MR) is 71.2 cm³/mol. The second-order valence-corrected chi connectivity index (χ2v) is 4.49. The van der Waals surface area contributed by atoms with Gasteiger partial charge in [-0.2, -0.15) is 4.98 Å². The monoisotopic (exact) mass is 283 g/mol. The fourth-order valence-electron chi connectivity index (χ4n) is 1.37. The Morgan fingerprint density at radius 2 is 2.11 bits per heavy atom.